The Hall–Kier alpha value is -3.68. The molecule has 5 rings (SSSR count). The predicted octanol–water partition coefficient (Wildman–Crippen LogP) is 4.40. The zero-order valence-corrected chi connectivity index (χ0v) is 19.1. The van der Waals surface area contributed by atoms with Gasteiger partial charge in [0.05, 0.1) is 12.2 Å². The summed E-state index contributed by atoms with van der Waals surface area (Å²) in [6.07, 6.45) is 5.11. The van der Waals surface area contributed by atoms with Gasteiger partial charge in [-0.05, 0) is 49.6 Å². The van der Waals surface area contributed by atoms with Crippen molar-refractivity contribution in [3.63, 3.8) is 0 Å². The molecular formula is C26H27FN4O3. The number of amides is 2. The molecule has 0 radical (unpaired) electrons. The van der Waals surface area contributed by atoms with Crippen LogP contribution in [0, 0.1) is 12.7 Å². The predicted molar refractivity (Wildman–Crippen MR) is 125 cm³/mol. The number of hydrogen-bond acceptors (Lipinski definition) is 4. The van der Waals surface area contributed by atoms with E-state index in [1.165, 1.54) is 17.0 Å². The lowest BCUT2D eigenvalue weighted by atomic mass is 9.95. The summed E-state index contributed by atoms with van der Waals surface area (Å²) in [5.74, 6) is 0.482. The third-order valence-corrected chi connectivity index (χ3v) is 6.79. The van der Waals surface area contributed by atoms with Gasteiger partial charge < -0.3 is 14.2 Å². The lowest BCUT2D eigenvalue weighted by Gasteiger charge is -2.26. The van der Waals surface area contributed by atoms with Gasteiger partial charge in [0, 0.05) is 44.0 Å². The first-order valence-corrected chi connectivity index (χ1v) is 11.6. The smallest absolute Gasteiger partial charge is 0.415 e. The summed E-state index contributed by atoms with van der Waals surface area (Å²) in [6, 6.07) is 13.6. The van der Waals surface area contributed by atoms with Crippen LogP contribution >= 0.6 is 0 Å². The molecule has 3 aromatic rings. The normalized spacial score (nSPS) is 20.5. The Labute approximate surface area is 197 Å². The van der Waals surface area contributed by atoms with Gasteiger partial charge in [-0.25, -0.2) is 14.2 Å². The number of imidazole rings is 1. The number of hydrogen-bond donors (Lipinski definition) is 0. The first-order valence-electron chi connectivity index (χ1n) is 11.6. The van der Waals surface area contributed by atoms with Crippen LogP contribution in [0.1, 0.15) is 41.0 Å². The molecule has 1 spiro atoms. The van der Waals surface area contributed by atoms with E-state index in [1.54, 1.807) is 18.3 Å². The van der Waals surface area contributed by atoms with Crippen LogP contribution in [0.25, 0.3) is 0 Å². The highest BCUT2D eigenvalue weighted by molar-refractivity contribution is 5.96. The van der Waals surface area contributed by atoms with Gasteiger partial charge in [-0.3, -0.25) is 9.69 Å². The topological polar surface area (TPSA) is 67.7 Å². The van der Waals surface area contributed by atoms with E-state index < -0.39 is 17.5 Å². The molecule has 3 heterocycles. The highest BCUT2D eigenvalue weighted by Crippen LogP contribution is 2.36. The third-order valence-electron chi connectivity index (χ3n) is 6.79. The molecule has 0 N–H and O–H groups in total. The number of aryl methyl sites for hydroxylation is 1. The van der Waals surface area contributed by atoms with Crippen LogP contribution in [0.4, 0.5) is 14.9 Å². The highest BCUT2D eigenvalue weighted by atomic mass is 19.1. The van der Waals surface area contributed by atoms with Crippen molar-refractivity contribution in [3.8, 4) is 0 Å². The van der Waals surface area contributed by atoms with Gasteiger partial charge in [0.25, 0.3) is 5.91 Å². The minimum atomic E-state index is -0.675. The van der Waals surface area contributed by atoms with Gasteiger partial charge >= 0.3 is 6.09 Å². The quantitative estimate of drug-likeness (QED) is 0.576. The van der Waals surface area contributed by atoms with Crippen molar-refractivity contribution in [1.82, 2.24) is 14.5 Å². The monoisotopic (exact) mass is 462 g/mol. The summed E-state index contributed by atoms with van der Waals surface area (Å²) in [5, 5.41) is 0. The zero-order chi connectivity index (χ0) is 23.7. The van der Waals surface area contributed by atoms with E-state index in [4.69, 9.17) is 4.74 Å². The van der Waals surface area contributed by atoms with Crippen LogP contribution in [0.3, 0.4) is 0 Å². The number of rotatable bonds is 4. The molecule has 2 amide bonds. The van der Waals surface area contributed by atoms with E-state index in [9.17, 15) is 14.0 Å². The van der Waals surface area contributed by atoms with E-state index >= 15 is 0 Å². The number of ether oxygens (including phenoxy) is 1. The van der Waals surface area contributed by atoms with Crippen LogP contribution in [-0.4, -0.2) is 51.7 Å². The molecule has 8 heteroatoms. The number of benzene rings is 2. The summed E-state index contributed by atoms with van der Waals surface area (Å²) in [5.41, 5.74) is 1.43. The lowest BCUT2D eigenvalue weighted by molar-refractivity contribution is 0.0438. The van der Waals surface area contributed by atoms with Crippen LogP contribution in [-0.2, 0) is 11.3 Å². The van der Waals surface area contributed by atoms with E-state index in [-0.39, 0.29) is 5.91 Å². The standard InChI is InChI=1S/C26H27FN4O3/c1-19-28-12-15-30(19)17-20-6-2-3-9-23(20)24(32)29-13-5-10-26(11-14-29)18-31(25(33)34-26)22-8-4-7-21(27)16-22/h2-4,6-9,12,15-16H,5,10-11,13-14,17-18H2,1H3. The fraction of sp³-hybridized carbons (Fsp3) is 0.346. The molecule has 0 bridgehead atoms. The van der Waals surface area contributed by atoms with Crippen molar-refractivity contribution in [1.29, 1.82) is 0 Å². The third kappa shape index (κ3) is 4.27. The Morgan fingerprint density at radius 1 is 1.15 bits per heavy atom. The Bertz CT molecular complexity index is 1230. The first-order chi connectivity index (χ1) is 16.4. The molecule has 0 aliphatic carbocycles. The number of nitrogens with zero attached hydrogens (tertiary/aromatic N) is 4. The fourth-order valence-electron chi connectivity index (χ4n) is 4.89. The molecule has 2 aromatic carbocycles. The fourth-order valence-corrected chi connectivity index (χ4v) is 4.89. The zero-order valence-electron chi connectivity index (χ0n) is 19.1. The number of carbonyl (C=O) groups is 2. The highest BCUT2D eigenvalue weighted by Gasteiger charge is 2.46. The average molecular weight is 463 g/mol. The SMILES string of the molecule is Cc1nccn1Cc1ccccc1C(=O)N1CCCC2(CC1)CN(c1cccc(F)c1)C(=O)O2. The molecule has 1 unspecified atom stereocenters. The number of halogens is 1. The van der Waals surface area contributed by atoms with Gasteiger partial charge in [0.15, 0.2) is 0 Å². The second-order valence-electron chi connectivity index (χ2n) is 9.02. The molecule has 176 valence electrons. The Morgan fingerprint density at radius 3 is 2.79 bits per heavy atom. The molecule has 7 nitrogen and oxygen atoms in total. The van der Waals surface area contributed by atoms with E-state index in [2.05, 4.69) is 4.98 Å². The molecule has 2 saturated heterocycles. The maximum atomic E-state index is 13.7. The molecule has 2 aliphatic heterocycles. The van der Waals surface area contributed by atoms with Crippen molar-refractivity contribution in [2.24, 2.45) is 0 Å². The van der Waals surface area contributed by atoms with E-state index in [0.717, 1.165) is 17.8 Å². The van der Waals surface area contributed by atoms with E-state index in [1.807, 2.05) is 46.9 Å². The summed E-state index contributed by atoms with van der Waals surface area (Å²) < 4.78 is 21.5. The van der Waals surface area contributed by atoms with Gasteiger partial charge in [0.1, 0.15) is 17.2 Å². The number of carbonyl (C=O) groups excluding carboxylic acids is 2. The molecule has 1 atom stereocenters. The minimum Gasteiger partial charge on any atom is -0.441 e. The molecular weight excluding hydrogens is 435 g/mol. The van der Waals surface area contributed by atoms with Gasteiger partial charge in [-0.15, -0.1) is 0 Å². The molecule has 2 fully saturated rings. The number of aromatic nitrogens is 2. The molecule has 1 aromatic heterocycles. The Kier molecular flexibility index (Phi) is 5.81. The average Bonchev–Trinajstić information content (AvgIpc) is 3.30. The minimum absolute atomic E-state index is 0.0169. The molecule has 34 heavy (non-hydrogen) atoms. The lowest BCUT2D eigenvalue weighted by Crippen LogP contribution is -2.37. The summed E-state index contributed by atoms with van der Waals surface area (Å²) >= 11 is 0. The van der Waals surface area contributed by atoms with Crippen LogP contribution < -0.4 is 4.90 Å². The summed E-state index contributed by atoms with van der Waals surface area (Å²) in [4.78, 5) is 33.8. The first kappa shape index (κ1) is 22.1. The van der Waals surface area contributed by atoms with Crippen molar-refractivity contribution < 1.29 is 18.7 Å². The maximum absolute atomic E-state index is 13.7. The van der Waals surface area contributed by atoms with Crippen molar-refractivity contribution >= 4 is 17.7 Å². The van der Waals surface area contributed by atoms with Gasteiger partial charge in [-0.1, -0.05) is 24.3 Å². The number of likely N-dealkylation sites (tertiary alicyclic amines) is 1. The second-order valence-corrected chi connectivity index (χ2v) is 9.02. The summed E-state index contributed by atoms with van der Waals surface area (Å²) in [7, 11) is 0. The van der Waals surface area contributed by atoms with Crippen molar-refractivity contribution in [3.05, 3.63) is 83.7 Å². The van der Waals surface area contributed by atoms with Gasteiger partial charge in [-0.2, -0.15) is 0 Å². The maximum Gasteiger partial charge on any atom is 0.415 e. The van der Waals surface area contributed by atoms with Crippen molar-refractivity contribution in [2.75, 3.05) is 24.5 Å². The summed E-state index contributed by atoms with van der Waals surface area (Å²) in [6.45, 7) is 3.95. The Morgan fingerprint density at radius 2 is 2.00 bits per heavy atom. The number of anilines is 1. The van der Waals surface area contributed by atoms with Crippen LogP contribution in [0.5, 0.6) is 0 Å². The van der Waals surface area contributed by atoms with Crippen molar-refractivity contribution in [2.45, 2.75) is 38.3 Å². The van der Waals surface area contributed by atoms with Gasteiger partial charge in [0.2, 0.25) is 0 Å². The van der Waals surface area contributed by atoms with E-state index in [0.29, 0.717) is 50.3 Å². The largest absolute Gasteiger partial charge is 0.441 e. The second kappa shape index (κ2) is 8.93. The van der Waals surface area contributed by atoms with Crippen LogP contribution in [0.15, 0.2) is 60.9 Å². The Balaban J connectivity index is 1.31. The molecule has 2 aliphatic rings. The van der Waals surface area contributed by atoms with Crippen LogP contribution in [0.2, 0.25) is 0 Å². The molecule has 0 saturated carbocycles.